The van der Waals surface area contributed by atoms with Crippen LogP contribution in [0.5, 0.6) is 17.2 Å². The first-order valence-corrected chi connectivity index (χ1v) is 9.97. The molecule has 0 saturated heterocycles. The van der Waals surface area contributed by atoms with Gasteiger partial charge in [0.15, 0.2) is 24.2 Å². The Morgan fingerprint density at radius 3 is 2.55 bits per heavy atom. The van der Waals surface area contributed by atoms with Crippen LogP contribution in [-0.4, -0.2) is 40.7 Å². The highest BCUT2D eigenvalue weighted by Gasteiger charge is 2.24. The Morgan fingerprint density at radius 1 is 1.06 bits per heavy atom. The molecule has 7 heteroatoms. The summed E-state index contributed by atoms with van der Waals surface area (Å²) in [5.74, 6) is 0.186. The Balaban J connectivity index is 1.42. The van der Waals surface area contributed by atoms with Gasteiger partial charge in [0.2, 0.25) is 5.78 Å². The van der Waals surface area contributed by atoms with Gasteiger partial charge < -0.3 is 23.9 Å². The van der Waals surface area contributed by atoms with Crippen LogP contribution in [0.15, 0.2) is 54.6 Å². The summed E-state index contributed by atoms with van der Waals surface area (Å²) in [4.78, 5) is 24.9. The van der Waals surface area contributed by atoms with Crippen molar-refractivity contribution in [2.45, 2.75) is 26.5 Å². The van der Waals surface area contributed by atoms with E-state index >= 15 is 0 Å². The third kappa shape index (κ3) is 4.26. The van der Waals surface area contributed by atoms with E-state index in [1.807, 2.05) is 42.7 Å². The third-order valence-corrected chi connectivity index (χ3v) is 5.29. The van der Waals surface area contributed by atoms with Crippen LogP contribution < -0.4 is 9.47 Å². The number of aryl methyl sites for hydroxylation is 1. The molecular formula is C24H23NO6. The van der Waals surface area contributed by atoms with Gasteiger partial charge in [-0.25, -0.2) is 4.79 Å². The molecule has 0 aliphatic carbocycles. The molecule has 160 valence electrons. The molecule has 1 atom stereocenters. The summed E-state index contributed by atoms with van der Waals surface area (Å²) in [6, 6.07) is 15.3. The predicted octanol–water partition coefficient (Wildman–Crippen LogP) is 3.69. The van der Waals surface area contributed by atoms with Gasteiger partial charge >= 0.3 is 5.97 Å². The number of hydrogen-bond donors (Lipinski definition) is 1. The van der Waals surface area contributed by atoms with Crippen LogP contribution in [0.2, 0.25) is 0 Å². The average Bonchev–Trinajstić information content (AvgIpc) is 3.06. The summed E-state index contributed by atoms with van der Waals surface area (Å²) < 4.78 is 18.9. The zero-order valence-corrected chi connectivity index (χ0v) is 17.3. The summed E-state index contributed by atoms with van der Waals surface area (Å²) in [5, 5.41) is 9.75. The number of carbonyl (C=O) groups excluding carboxylic acids is 2. The number of carbonyl (C=O) groups is 2. The van der Waals surface area contributed by atoms with Crippen LogP contribution in [0.25, 0.3) is 0 Å². The largest absolute Gasteiger partial charge is 0.507 e. The van der Waals surface area contributed by atoms with Gasteiger partial charge in [0.1, 0.15) is 17.9 Å². The normalized spacial score (nSPS) is 14.8. The zero-order valence-electron chi connectivity index (χ0n) is 17.3. The predicted molar refractivity (Wildman–Crippen MR) is 113 cm³/mol. The Morgan fingerprint density at radius 2 is 1.77 bits per heavy atom. The maximum atomic E-state index is 12.7. The number of phenols is 1. The van der Waals surface area contributed by atoms with E-state index in [2.05, 4.69) is 0 Å². The minimum absolute atomic E-state index is 0.0236. The topological polar surface area (TPSA) is 87.0 Å². The molecule has 1 aromatic heterocycles. The first-order valence-electron chi connectivity index (χ1n) is 9.97. The molecule has 4 rings (SSSR count). The molecule has 0 spiro atoms. The fraction of sp³-hybridized carbons (Fsp3) is 0.250. The van der Waals surface area contributed by atoms with Crippen LogP contribution in [0.3, 0.4) is 0 Å². The molecule has 0 fully saturated rings. The summed E-state index contributed by atoms with van der Waals surface area (Å²) in [6.07, 6.45) is -0.193. The number of aromatic hydroxyl groups is 1. The number of fused-ring (bicyclic) bond motifs is 1. The fourth-order valence-electron chi connectivity index (χ4n) is 3.65. The van der Waals surface area contributed by atoms with Gasteiger partial charge in [-0.05, 0) is 44.2 Å². The van der Waals surface area contributed by atoms with Gasteiger partial charge in [-0.2, -0.15) is 0 Å². The monoisotopic (exact) mass is 421 g/mol. The SMILES string of the molecule is Cc1cc(C(=O)COC(=O)c2ccccc2O)c(C)n1C[C@H]1COc2ccccc2O1. The van der Waals surface area contributed by atoms with Crippen molar-refractivity contribution >= 4 is 11.8 Å². The third-order valence-electron chi connectivity index (χ3n) is 5.29. The molecule has 7 nitrogen and oxygen atoms in total. The molecule has 0 unspecified atom stereocenters. The highest BCUT2D eigenvalue weighted by atomic mass is 16.6. The van der Waals surface area contributed by atoms with Crippen molar-refractivity contribution in [2.75, 3.05) is 13.2 Å². The van der Waals surface area contributed by atoms with Crippen LogP contribution >= 0.6 is 0 Å². The van der Waals surface area contributed by atoms with Crippen molar-refractivity contribution < 1.29 is 28.9 Å². The second-order valence-electron chi connectivity index (χ2n) is 7.41. The lowest BCUT2D eigenvalue weighted by atomic mass is 10.1. The molecule has 31 heavy (non-hydrogen) atoms. The molecule has 0 bridgehead atoms. The molecule has 0 saturated carbocycles. The highest BCUT2D eigenvalue weighted by Crippen LogP contribution is 2.31. The van der Waals surface area contributed by atoms with Gasteiger partial charge in [0.25, 0.3) is 0 Å². The first-order chi connectivity index (χ1) is 14.9. The van der Waals surface area contributed by atoms with E-state index in [9.17, 15) is 14.7 Å². The summed E-state index contributed by atoms with van der Waals surface area (Å²) in [7, 11) is 0. The molecular weight excluding hydrogens is 398 g/mol. The fourth-order valence-corrected chi connectivity index (χ4v) is 3.65. The van der Waals surface area contributed by atoms with Crippen LogP contribution in [0, 0.1) is 13.8 Å². The van der Waals surface area contributed by atoms with Crippen LogP contribution in [0.1, 0.15) is 32.1 Å². The number of benzene rings is 2. The highest BCUT2D eigenvalue weighted by molar-refractivity contribution is 6.00. The van der Waals surface area contributed by atoms with Crippen molar-refractivity contribution in [3.8, 4) is 17.2 Å². The van der Waals surface area contributed by atoms with Gasteiger partial charge in [0.05, 0.1) is 6.54 Å². The Labute approximate surface area is 179 Å². The van der Waals surface area contributed by atoms with Gasteiger partial charge in [0, 0.05) is 17.0 Å². The van der Waals surface area contributed by atoms with E-state index in [-0.39, 0.29) is 23.2 Å². The van der Waals surface area contributed by atoms with E-state index in [0.29, 0.717) is 24.5 Å². The van der Waals surface area contributed by atoms with Crippen molar-refractivity contribution in [3.63, 3.8) is 0 Å². The molecule has 0 radical (unpaired) electrons. The molecule has 1 aliphatic heterocycles. The van der Waals surface area contributed by atoms with E-state index < -0.39 is 12.6 Å². The molecule has 2 aromatic carbocycles. The molecule has 0 amide bonds. The zero-order chi connectivity index (χ0) is 22.0. The number of Topliss-reactive ketones (excluding diaryl/α,β-unsaturated/α-hetero) is 1. The summed E-state index contributed by atoms with van der Waals surface area (Å²) in [5.41, 5.74) is 2.18. The van der Waals surface area contributed by atoms with Crippen molar-refractivity contribution in [1.82, 2.24) is 4.57 Å². The lowest BCUT2D eigenvalue weighted by Gasteiger charge is -2.27. The quantitative estimate of drug-likeness (QED) is 0.483. The smallest absolute Gasteiger partial charge is 0.342 e. The minimum Gasteiger partial charge on any atom is -0.507 e. The van der Waals surface area contributed by atoms with Gasteiger partial charge in [-0.3, -0.25) is 4.79 Å². The maximum Gasteiger partial charge on any atom is 0.342 e. The number of phenolic OH excluding ortho intramolecular Hbond substituents is 1. The number of nitrogens with zero attached hydrogens (tertiary/aromatic N) is 1. The lowest BCUT2D eigenvalue weighted by molar-refractivity contribution is 0.0471. The minimum atomic E-state index is -0.744. The maximum absolute atomic E-state index is 12.7. The number of ether oxygens (including phenoxy) is 3. The molecule has 1 aliphatic rings. The van der Waals surface area contributed by atoms with Gasteiger partial charge in [-0.15, -0.1) is 0 Å². The number of aromatic nitrogens is 1. The summed E-state index contributed by atoms with van der Waals surface area (Å²) in [6.45, 7) is 4.29. The first kappa shape index (κ1) is 20.5. The second kappa shape index (κ2) is 8.55. The van der Waals surface area contributed by atoms with E-state index in [1.54, 1.807) is 18.2 Å². The number of esters is 1. The number of ketones is 1. The molecule has 2 heterocycles. The van der Waals surface area contributed by atoms with Crippen molar-refractivity contribution in [3.05, 3.63) is 77.1 Å². The standard InChI is InChI=1S/C24H23NO6/c1-15-11-19(21(27)14-30-24(28)18-7-3-4-8-20(18)26)16(2)25(15)12-17-13-29-22-9-5-6-10-23(22)31-17/h3-11,17,26H,12-14H2,1-2H3/t17-/m0/s1. The summed E-state index contributed by atoms with van der Waals surface area (Å²) >= 11 is 0. The molecule has 1 N–H and O–H groups in total. The number of rotatable bonds is 6. The van der Waals surface area contributed by atoms with Crippen LogP contribution in [-0.2, 0) is 11.3 Å². The van der Waals surface area contributed by atoms with Crippen molar-refractivity contribution in [1.29, 1.82) is 0 Å². The molecule has 3 aromatic rings. The Hall–Kier alpha value is -3.74. The Kier molecular flexibility index (Phi) is 5.66. The number of para-hydroxylation sites is 3. The average molecular weight is 421 g/mol. The van der Waals surface area contributed by atoms with E-state index in [4.69, 9.17) is 14.2 Å². The van der Waals surface area contributed by atoms with E-state index in [1.165, 1.54) is 12.1 Å². The lowest BCUT2D eigenvalue weighted by Crippen LogP contribution is -2.33. The second-order valence-corrected chi connectivity index (χ2v) is 7.41. The van der Waals surface area contributed by atoms with Crippen molar-refractivity contribution in [2.24, 2.45) is 0 Å². The van der Waals surface area contributed by atoms with E-state index in [0.717, 1.165) is 17.1 Å². The van der Waals surface area contributed by atoms with Gasteiger partial charge in [-0.1, -0.05) is 24.3 Å². The van der Waals surface area contributed by atoms with Crippen LogP contribution in [0.4, 0.5) is 0 Å². The number of hydrogen-bond acceptors (Lipinski definition) is 6. The Bertz CT molecular complexity index is 1130.